The van der Waals surface area contributed by atoms with E-state index in [4.69, 9.17) is 5.26 Å². The summed E-state index contributed by atoms with van der Waals surface area (Å²) in [5.74, 6) is 0.681. The van der Waals surface area contributed by atoms with E-state index < -0.39 is 11.7 Å². The van der Waals surface area contributed by atoms with Crippen LogP contribution in [0.15, 0.2) is 42.5 Å². The summed E-state index contributed by atoms with van der Waals surface area (Å²) in [6.07, 6.45) is -0.290. The van der Waals surface area contributed by atoms with Gasteiger partial charge in [-0.05, 0) is 43.9 Å². The van der Waals surface area contributed by atoms with Gasteiger partial charge in [0.1, 0.15) is 0 Å². The highest BCUT2D eigenvalue weighted by molar-refractivity contribution is 7.98. The Bertz CT molecular complexity index is 916. The molecule has 2 rings (SSSR count). The number of amides is 1. The average Bonchev–Trinajstić information content (AvgIpc) is 2.80. The summed E-state index contributed by atoms with van der Waals surface area (Å²) in [5.41, 5.74) is 5.73. The van der Waals surface area contributed by atoms with Crippen molar-refractivity contribution in [3.05, 3.63) is 64.7 Å². The summed E-state index contributed by atoms with van der Waals surface area (Å²) in [6, 6.07) is 10.4. The molecule has 1 unspecified atom stereocenters. The first kappa shape index (κ1) is 33.0. The number of halogens is 3. The smallest absolute Gasteiger partial charge is 0.388 e. The number of benzene rings is 2. The van der Waals surface area contributed by atoms with Crippen LogP contribution in [0.25, 0.3) is 0 Å². The first-order valence-electron chi connectivity index (χ1n) is 10.3. The first-order chi connectivity index (χ1) is 16.0. The number of hydrogen-bond acceptors (Lipinski definition) is 6. The number of thioether (sulfide) groups is 1. The number of aldehydes is 1. The maximum absolute atomic E-state index is 12.1. The number of nitrogens with one attached hydrogen (secondary N) is 2. The molecule has 2 aromatic rings. The minimum absolute atomic E-state index is 0.0941. The summed E-state index contributed by atoms with van der Waals surface area (Å²) >= 11 is 1.68. The van der Waals surface area contributed by atoms with E-state index in [2.05, 4.69) is 16.4 Å². The summed E-state index contributed by atoms with van der Waals surface area (Å²) < 4.78 is 36.2. The van der Waals surface area contributed by atoms with Crippen LogP contribution in [-0.4, -0.2) is 37.3 Å². The Morgan fingerprint density at radius 1 is 1.24 bits per heavy atom. The fraction of sp³-hybridized carbons (Fsp3) is 0.375. The van der Waals surface area contributed by atoms with Crippen LogP contribution in [0.1, 0.15) is 52.6 Å². The van der Waals surface area contributed by atoms with Gasteiger partial charge in [-0.3, -0.25) is 9.59 Å². The monoisotopic (exact) mass is 498 g/mol. The molecular formula is C24H33F3N4O2S. The Morgan fingerprint density at radius 2 is 1.79 bits per heavy atom. The van der Waals surface area contributed by atoms with Crippen LogP contribution in [0.4, 0.5) is 18.9 Å². The van der Waals surface area contributed by atoms with Crippen LogP contribution in [-0.2, 0) is 6.18 Å². The second-order valence-electron chi connectivity index (χ2n) is 6.44. The maximum Gasteiger partial charge on any atom is 0.416 e. The zero-order valence-corrected chi connectivity index (χ0v) is 21.1. The normalized spacial score (nSPS) is 10.4. The molecule has 10 heteroatoms. The van der Waals surface area contributed by atoms with Crippen molar-refractivity contribution >= 4 is 29.6 Å². The molecule has 6 nitrogen and oxygen atoms in total. The van der Waals surface area contributed by atoms with Crippen LogP contribution >= 0.6 is 11.8 Å². The Hall–Kier alpha value is -3.19. The molecule has 0 aromatic heterocycles. The number of alkyl halides is 3. The van der Waals surface area contributed by atoms with Crippen molar-refractivity contribution in [2.45, 2.75) is 39.9 Å². The quantitative estimate of drug-likeness (QED) is 0.276. The van der Waals surface area contributed by atoms with Crippen molar-refractivity contribution in [2.24, 2.45) is 5.73 Å². The second-order valence-corrected chi connectivity index (χ2v) is 7.36. The Labute approximate surface area is 204 Å². The van der Waals surface area contributed by atoms with E-state index in [1.807, 2.05) is 40.0 Å². The lowest BCUT2D eigenvalue weighted by atomic mass is 10.0. The number of nitrogens with zero attached hydrogens (tertiary/aromatic N) is 1. The summed E-state index contributed by atoms with van der Waals surface area (Å²) in [4.78, 5) is 23.0. The Morgan fingerprint density at radius 3 is 2.26 bits per heavy atom. The molecule has 4 N–H and O–H groups in total. The highest BCUT2D eigenvalue weighted by atomic mass is 32.2. The van der Waals surface area contributed by atoms with E-state index in [-0.39, 0.29) is 11.9 Å². The molecule has 0 saturated carbocycles. The van der Waals surface area contributed by atoms with E-state index >= 15 is 0 Å². The number of carbonyl (C=O) groups is 2. The topological polar surface area (TPSA) is 108 Å². The molecule has 2 aromatic carbocycles. The zero-order chi connectivity index (χ0) is 26.7. The van der Waals surface area contributed by atoms with Gasteiger partial charge in [-0.1, -0.05) is 38.1 Å². The summed E-state index contributed by atoms with van der Waals surface area (Å²) in [7, 11) is 1.58. The minimum atomic E-state index is -4.26. The molecule has 0 bridgehead atoms. The highest BCUT2D eigenvalue weighted by Gasteiger charge is 2.30. The van der Waals surface area contributed by atoms with Crippen molar-refractivity contribution < 1.29 is 22.8 Å². The molecule has 0 radical (unpaired) electrons. The van der Waals surface area contributed by atoms with Crippen LogP contribution in [0.3, 0.4) is 0 Å². The van der Waals surface area contributed by atoms with E-state index in [1.54, 1.807) is 37.0 Å². The number of carbonyl (C=O) groups excluding carboxylic acids is 2. The van der Waals surface area contributed by atoms with Gasteiger partial charge in [0.2, 0.25) is 0 Å². The van der Waals surface area contributed by atoms with Crippen molar-refractivity contribution in [2.75, 3.05) is 24.4 Å². The van der Waals surface area contributed by atoms with Gasteiger partial charge in [-0.25, -0.2) is 0 Å². The minimum Gasteiger partial charge on any atom is -0.388 e. The summed E-state index contributed by atoms with van der Waals surface area (Å²) in [6.45, 7) is 7.79. The lowest BCUT2D eigenvalue weighted by molar-refractivity contribution is -0.137. The van der Waals surface area contributed by atoms with Gasteiger partial charge >= 0.3 is 6.18 Å². The molecule has 0 saturated heterocycles. The molecule has 0 fully saturated rings. The maximum atomic E-state index is 12.1. The third-order valence-corrected chi connectivity index (χ3v) is 4.77. The molecule has 34 heavy (non-hydrogen) atoms. The SMILES string of the molecule is CC.CNc1cccc(C(F)(F)F)c1.CSCC(C)NC(=O)c1c(C)cccc1C=O.N#CN. The molecule has 188 valence electrons. The van der Waals surface area contributed by atoms with E-state index in [0.29, 0.717) is 16.8 Å². The van der Waals surface area contributed by atoms with Crippen LogP contribution < -0.4 is 16.4 Å². The van der Waals surface area contributed by atoms with Gasteiger partial charge in [0.05, 0.1) is 11.1 Å². The highest BCUT2D eigenvalue weighted by Crippen LogP contribution is 2.30. The van der Waals surface area contributed by atoms with Crippen LogP contribution in [0, 0.1) is 18.4 Å². The molecule has 0 aliphatic rings. The number of nitriles is 1. The molecule has 0 heterocycles. The average molecular weight is 499 g/mol. The summed E-state index contributed by atoms with van der Waals surface area (Å²) in [5, 5.41) is 12.6. The van der Waals surface area contributed by atoms with Gasteiger partial charge in [-0.15, -0.1) is 0 Å². The fourth-order valence-electron chi connectivity index (χ4n) is 2.54. The van der Waals surface area contributed by atoms with Crippen molar-refractivity contribution in [3.63, 3.8) is 0 Å². The number of aryl methyl sites for hydroxylation is 1. The van der Waals surface area contributed by atoms with Crippen LogP contribution in [0.5, 0.6) is 0 Å². The van der Waals surface area contributed by atoms with Crippen LogP contribution in [0.2, 0.25) is 0 Å². The molecule has 1 amide bonds. The number of rotatable bonds is 6. The van der Waals surface area contributed by atoms with Gasteiger partial charge in [0.25, 0.3) is 5.91 Å². The standard InChI is InChI=1S/C13H17NO2S.C8H8F3N.C2H6.CH2N2/c1-9-5-4-6-11(7-15)12(9)13(16)14-10(2)8-17-3;1-12-7-4-2-3-6(5-7)8(9,10)11;1-2;2-1-3/h4-7,10H,8H2,1-3H3,(H,14,16);2-5,12H,1H3;1-2H3;2H2. The number of anilines is 1. The molecule has 1 atom stereocenters. The van der Waals surface area contributed by atoms with Gasteiger partial charge in [-0.2, -0.15) is 30.2 Å². The molecule has 0 aliphatic heterocycles. The van der Waals surface area contributed by atoms with E-state index in [1.165, 1.54) is 12.3 Å². The number of hydrogen-bond donors (Lipinski definition) is 3. The Kier molecular flexibility index (Phi) is 17.7. The van der Waals surface area contributed by atoms with Gasteiger partial charge in [0, 0.05) is 30.1 Å². The van der Waals surface area contributed by atoms with Crippen molar-refractivity contribution in [3.8, 4) is 6.19 Å². The first-order valence-corrected chi connectivity index (χ1v) is 11.7. The third kappa shape index (κ3) is 12.7. The Balaban J connectivity index is 0. The second kappa shape index (κ2) is 18.3. The lowest BCUT2D eigenvalue weighted by Gasteiger charge is -2.14. The third-order valence-electron chi connectivity index (χ3n) is 3.93. The number of nitrogens with two attached hydrogens (primary N) is 1. The van der Waals surface area contributed by atoms with Gasteiger partial charge in [0.15, 0.2) is 12.5 Å². The zero-order valence-electron chi connectivity index (χ0n) is 20.3. The van der Waals surface area contributed by atoms with Crippen molar-refractivity contribution in [1.29, 1.82) is 5.26 Å². The van der Waals surface area contributed by atoms with E-state index in [9.17, 15) is 22.8 Å². The lowest BCUT2D eigenvalue weighted by Crippen LogP contribution is -2.35. The molecular weight excluding hydrogens is 465 g/mol. The van der Waals surface area contributed by atoms with Gasteiger partial charge < -0.3 is 16.4 Å². The predicted octanol–water partition coefficient (Wildman–Crippen LogP) is 5.49. The molecule has 0 aliphatic carbocycles. The molecule has 0 spiro atoms. The van der Waals surface area contributed by atoms with E-state index in [0.717, 1.165) is 29.7 Å². The van der Waals surface area contributed by atoms with Crippen molar-refractivity contribution in [1.82, 2.24) is 5.32 Å². The predicted molar refractivity (Wildman–Crippen MR) is 134 cm³/mol. The largest absolute Gasteiger partial charge is 0.416 e. The fourth-order valence-corrected chi connectivity index (χ4v) is 3.12.